The third-order valence-corrected chi connectivity index (χ3v) is 7.31. The molecule has 3 rings (SSSR count). The van der Waals surface area contributed by atoms with Crippen LogP contribution < -0.4 is 21.5 Å². The van der Waals surface area contributed by atoms with E-state index < -0.39 is 17.3 Å². The number of allylic oxidation sites excluding steroid dienone is 1. The van der Waals surface area contributed by atoms with Gasteiger partial charge in [-0.25, -0.2) is 19.0 Å². The first-order valence-corrected chi connectivity index (χ1v) is 14.7. The van der Waals surface area contributed by atoms with E-state index in [-0.39, 0.29) is 40.5 Å². The number of carbonyl (C=O) groups is 2. The van der Waals surface area contributed by atoms with Crippen LogP contribution >= 0.6 is 0 Å². The lowest BCUT2D eigenvalue weighted by Crippen LogP contribution is -2.30. The van der Waals surface area contributed by atoms with Crippen LogP contribution in [0.1, 0.15) is 74.5 Å². The maximum atomic E-state index is 15.6. The molecule has 2 heterocycles. The molecule has 0 fully saturated rings. The van der Waals surface area contributed by atoms with E-state index in [1.807, 2.05) is 27.7 Å². The van der Waals surface area contributed by atoms with Crippen LogP contribution in [-0.4, -0.2) is 46.4 Å². The highest BCUT2D eigenvalue weighted by atomic mass is 19.1. The summed E-state index contributed by atoms with van der Waals surface area (Å²) in [6.07, 6.45) is 5.37. The quantitative estimate of drug-likeness (QED) is 0.223. The monoisotopic (exact) mass is 615 g/mol. The molecule has 0 radical (unpaired) electrons. The Morgan fingerprint density at radius 2 is 1.93 bits per heavy atom. The molecule has 3 aromatic rings. The summed E-state index contributed by atoms with van der Waals surface area (Å²) in [5.41, 5.74) is 8.10. The van der Waals surface area contributed by atoms with E-state index in [4.69, 9.17) is 5.73 Å². The number of benzene rings is 1. The Balaban J connectivity index is 2.25. The van der Waals surface area contributed by atoms with E-state index in [1.165, 1.54) is 43.4 Å². The molecule has 0 saturated heterocycles. The molecule has 0 aliphatic heterocycles. The number of rotatable bonds is 11. The molecule has 238 valence electrons. The summed E-state index contributed by atoms with van der Waals surface area (Å²) in [6, 6.07) is 6.24. The fraction of sp³-hybridized carbons (Fsp3) is 0.353. The minimum atomic E-state index is -0.684. The van der Waals surface area contributed by atoms with Crippen molar-refractivity contribution in [2.24, 2.45) is 17.8 Å². The van der Waals surface area contributed by atoms with Crippen molar-refractivity contribution in [1.82, 2.24) is 20.1 Å². The van der Waals surface area contributed by atoms with E-state index in [2.05, 4.69) is 27.0 Å². The van der Waals surface area contributed by atoms with Crippen LogP contribution in [0.25, 0.3) is 17.3 Å². The number of aliphatic imine (C=N–C) groups is 1. The predicted molar refractivity (Wildman–Crippen MR) is 178 cm³/mol. The molecule has 3 N–H and O–H groups in total. The normalized spacial score (nSPS) is 12.2. The van der Waals surface area contributed by atoms with Gasteiger partial charge in [-0.2, -0.15) is 5.10 Å². The smallest absolute Gasteiger partial charge is 0.292 e. The number of pyridine rings is 1. The fourth-order valence-corrected chi connectivity index (χ4v) is 4.73. The fourth-order valence-electron chi connectivity index (χ4n) is 4.73. The molecule has 0 aliphatic carbocycles. The Kier molecular flexibility index (Phi) is 10.9. The lowest BCUT2D eigenvalue weighted by Gasteiger charge is -2.24. The van der Waals surface area contributed by atoms with Crippen molar-refractivity contribution < 1.29 is 14.0 Å². The predicted octanol–water partition coefficient (Wildman–Crippen LogP) is 5.22. The van der Waals surface area contributed by atoms with Gasteiger partial charge in [0.05, 0.1) is 11.3 Å². The molecule has 0 saturated carbocycles. The highest BCUT2D eigenvalue weighted by Gasteiger charge is 2.28. The van der Waals surface area contributed by atoms with Gasteiger partial charge in [-0.3, -0.25) is 19.3 Å². The second kappa shape index (κ2) is 14.2. The molecule has 1 aromatic carbocycles. The minimum absolute atomic E-state index is 0.0328. The van der Waals surface area contributed by atoms with Gasteiger partial charge in [0.15, 0.2) is 0 Å². The van der Waals surface area contributed by atoms with Crippen molar-refractivity contribution in [3.63, 3.8) is 0 Å². The van der Waals surface area contributed by atoms with Gasteiger partial charge < -0.3 is 11.1 Å². The molecule has 0 spiro atoms. The van der Waals surface area contributed by atoms with E-state index in [0.717, 1.165) is 15.9 Å². The Hall–Kier alpha value is -4.93. The Bertz CT molecular complexity index is 1750. The largest absolute Gasteiger partial charge is 0.392 e. The Morgan fingerprint density at radius 3 is 2.53 bits per heavy atom. The zero-order chi connectivity index (χ0) is 33.6. The molecule has 1 amide bonds. The third-order valence-electron chi connectivity index (χ3n) is 7.31. The lowest BCUT2D eigenvalue weighted by molar-refractivity contribution is -0.118. The van der Waals surface area contributed by atoms with Gasteiger partial charge in [-0.15, -0.1) is 0 Å². The third kappa shape index (κ3) is 7.97. The van der Waals surface area contributed by atoms with Crippen molar-refractivity contribution in [3.05, 3.63) is 87.2 Å². The van der Waals surface area contributed by atoms with Gasteiger partial charge in [0.1, 0.15) is 28.9 Å². The van der Waals surface area contributed by atoms with Gasteiger partial charge in [0.25, 0.3) is 11.5 Å². The highest BCUT2D eigenvalue weighted by Crippen LogP contribution is 2.33. The van der Waals surface area contributed by atoms with E-state index in [0.29, 0.717) is 35.2 Å². The summed E-state index contributed by atoms with van der Waals surface area (Å²) in [5, 5.41) is 7.37. The Labute approximate surface area is 263 Å². The zero-order valence-corrected chi connectivity index (χ0v) is 27.3. The number of carbonyl (C=O) groups excluding carboxylic acids is 2. The first kappa shape index (κ1) is 34.6. The summed E-state index contributed by atoms with van der Waals surface area (Å²) >= 11 is 0. The number of halogens is 1. The van der Waals surface area contributed by atoms with Crippen LogP contribution in [0.4, 0.5) is 15.9 Å². The second-order valence-corrected chi connectivity index (χ2v) is 11.8. The van der Waals surface area contributed by atoms with Gasteiger partial charge >= 0.3 is 0 Å². The molecular formula is C34H42FN7O3. The van der Waals surface area contributed by atoms with Gasteiger partial charge in [-0.05, 0) is 54.2 Å². The number of aryl methyl sites for hydroxylation is 1. The van der Waals surface area contributed by atoms with Crippen LogP contribution in [0.5, 0.6) is 0 Å². The van der Waals surface area contributed by atoms with Gasteiger partial charge in [0.2, 0.25) is 0 Å². The first-order valence-electron chi connectivity index (χ1n) is 14.7. The molecule has 11 heteroatoms. The summed E-state index contributed by atoms with van der Waals surface area (Å²) < 4.78 is 16.7. The van der Waals surface area contributed by atoms with Crippen LogP contribution in [0.2, 0.25) is 0 Å². The number of hydrogen-bond donors (Lipinski definition) is 2. The summed E-state index contributed by atoms with van der Waals surface area (Å²) in [6.45, 7) is 13.4. The van der Waals surface area contributed by atoms with Crippen molar-refractivity contribution in [1.29, 1.82) is 0 Å². The molecular weight excluding hydrogens is 573 g/mol. The summed E-state index contributed by atoms with van der Waals surface area (Å²) in [4.78, 5) is 49.9. The van der Waals surface area contributed by atoms with E-state index in [1.54, 1.807) is 32.2 Å². The number of aromatic nitrogens is 3. The van der Waals surface area contributed by atoms with Crippen molar-refractivity contribution in [2.45, 2.75) is 59.3 Å². The maximum Gasteiger partial charge on any atom is 0.292 e. The van der Waals surface area contributed by atoms with Gasteiger partial charge in [-0.1, -0.05) is 46.4 Å². The lowest BCUT2D eigenvalue weighted by atomic mass is 9.84. The van der Waals surface area contributed by atoms with E-state index >= 15 is 4.39 Å². The second-order valence-electron chi connectivity index (χ2n) is 11.8. The molecule has 0 unspecified atom stereocenters. The van der Waals surface area contributed by atoms with Crippen molar-refractivity contribution >= 4 is 35.1 Å². The average molecular weight is 616 g/mol. The maximum absolute atomic E-state index is 15.6. The van der Waals surface area contributed by atoms with Crippen LogP contribution in [0.15, 0.2) is 58.6 Å². The number of anilines is 1. The number of nitrogens with one attached hydrogen (secondary N) is 1. The number of nitrogens with two attached hydrogens (primary N) is 1. The number of ketones is 1. The topological polar surface area (TPSA) is 136 Å². The highest BCUT2D eigenvalue weighted by molar-refractivity contribution is 6.08. The molecule has 0 bridgehead atoms. The van der Waals surface area contributed by atoms with Crippen LogP contribution in [0.3, 0.4) is 0 Å². The Morgan fingerprint density at radius 1 is 1.24 bits per heavy atom. The van der Waals surface area contributed by atoms with Crippen molar-refractivity contribution in [2.75, 3.05) is 19.0 Å². The SMILES string of the molecule is C=Cc1cc(C(C)(C)C)cc(F)c1C(=O)N(C)c1nccc(-c2cc(N=C(N)/C=C(/C)NC)c(=O)n(C)n2)c1CC(=O)CCC. The molecule has 45 heavy (non-hydrogen) atoms. The van der Waals surface area contributed by atoms with E-state index in [9.17, 15) is 14.4 Å². The minimum Gasteiger partial charge on any atom is -0.392 e. The number of Topliss-reactive ketones (excluding diaryl/α,β-unsaturated/α-hetero) is 1. The summed E-state index contributed by atoms with van der Waals surface area (Å²) in [5.74, 6) is -1.16. The van der Waals surface area contributed by atoms with Crippen molar-refractivity contribution in [3.8, 4) is 11.3 Å². The summed E-state index contributed by atoms with van der Waals surface area (Å²) in [7, 11) is 4.70. The standard InChI is InChI=1S/C34H42FN7O3/c1-10-12-23(43)18-25-24(27-19-28(32(44)42(9)40-27)39-29(36)15-20(3)37-7)13-14-38-31(25)41(8)33(45)30-21(11-2)16-22(17-26(30)35)34(4,5)6/h11,13-17,19,37H,2,10,12,18H2,1,3-9H3,(H2,36,39)/b20-15-. The molecule has 10 nitrogen and oxygen atoms in total. The number of amides is 1. The molecule has 0 atom stereocenters. The van der Waals surface area contributed by atoms with Crippen LogP contribution in [-0.2, 0) is 23.7 Å². The number of hydrogen-bond acceptors (Lipinski definition) is 7. The molecule has 2 aromatic heterocycles. The number of amidine groups is 1. The molecule has 0 aliphatic rings. The van der Waals surface area contributed by atoms with Gasteiger partial charge in [0, 0.05) is 57.0 Å². The zero-order valence-electron chi connectivity index (χ0n) is 27.3. The number of nitrogens with zero attached hydrogens (tertiary/aromatic N) is 5. The van der Waals surface area contributed by atoms with Crippen LogP contribution in [0, 0.1) is 5.82 Å². The average Bonchev–Trinajstić information content (AvgIpc) is 2.97. The first-order chi connectivity index (χ1) is 21.1.